The molecule has 8 nitrogen and oxygen atoms in total. The minimum atomic E-state index is 0.548. The number of pyridine rings is 2. The minimum absolute atomic E-state index is 0.548. The van der Waals surface area contributed by atoms with Crippen LogP contribution in [0, 0.1) is 0 Å². The standard InChI is InChI=1S/C48H28N6O2/c1-2-10-31(11-3-1)48-51-40-26-39(42-38-16-6-7-17-41(38)55-44(42)43(40)56-48)37-23-22-34(35-14-4-5-15-36(35)37)29-18-20-30(21-19-29)45-52-46(32-12-8-24-49-27-32)54-47(53-45)33-13-9-25-50-28-33/h1-28H. The Morgan fingerprint density at radius 1 is 0.375 bits per heavy atom. The summed E-state index contributed by atoms with van der Waals surface area (Å²) in [5.74, 6) is 2.22. The van der Waals surface area contributed by atoms with Crippen LogP contribution in [0.15, 0.2) is 179 Å². The molecular formula is C48H28N6O2. The van der Waals surface area contributed by atoms with E-state index in [2.05, 4.69) is 82.8 Å². The van der Waals surface area contributed by atoms with Gasteiger partial charge in [-0.25, -0.2) is 19.9 Å². The Bertz CT molecular complexity index is 3180. The fraction of sp³-hybridized carbons (Fsp3) is 0. The second kappa shape index (κ2) is 12.9. The smallest absolute Gasteiger partial charge is 0.227 e. The molecule has 11 aromatic rings. The van der Waals surface area contributed by atoms with E-state index in [4.69, 9.17) is 28.8 Å². The molecule has 11 rings (SSSR count). The van der Waals surface area contributed by atoms with E-state index in [1.54, 1.807) is 24.8 Å². The lowest BCUT2D eigenvalue weighted by Crippen LogP contribution is -2.00. The molecule has 0 amide bonds. The summed E-state index contributed by atoms with van der Waals surface area (Å²) in [6.07, 6.45) is 6.99. The molecule has 5 aromatic heterocycles. The average molecular weight is 721 g/mol. The number of benzene rings is 6. The molecule has 56 heavy (non-hydrogen) atoms. The molecule has 0 radical (unpaired) electrons. The number of nitrogens with zero attached hydrogens (tertiary/aromatic N) is 6. The van der Waals surface area contributed by atoms with E-state index in [1.807, 2.05) is 72.8 Å². The molecule has 0 saturated heterocycles. The van der Waals surface area contributed by atoms with Crippen LogP contribution in [0.25, 0.3) is 112 Å². The van der Waals surface area contributed by atoms with Gasteiger partial charge < -0.3 is 8.83 Å². The predicted molar refractivity (Wildman–Crippen MR) is 220 cm³/mol. The molecule has 0 bridgehead atoms. The number of furan rings is 1. The van der Waals surface area contributed by atoms with Gasteiger partial charge in [0.25, 0.3) is 0 Å². The van der Waals surface area contributed by atoms with Gasteiger partial charge in [0.05, 0.1) is 0 Å². The van der Waals surface area contributed by atoms with E-state index in [0.29, 0.717) is 34.5 Å². The van der Waals surface area contributed by atoms with Crippen LogP contribution in [0.1, 0.15) is 0 Å². The van der Waals surface area contributed by atoms with Gasteiger partial charge in [0.1, 0.15) is 11.1 Å². The van der Waals surface area contributed by atoms with Crippen LogP contribution < -0.4 is 0 Å². The van der Waals surface area contributed by atoms with Gasteiger partial charge >= 0.3 is 0 Å². The Kier molecular flexibility index (Phi) is 7.31. The second-order valence-electron chi connectivity index (χ2n) is 13.5. The van der Waals surface area contributed by atoms with Crippen LogP contribution in [0.2, 0.25) is 0 Å². The molecule has 0 aliphatic rings. The summed E-state index contributed by atoms with van der Waals surface area (Å²) in [7, 11) is 0. The zero-order valence-corrected chi connectivity index (χ0v) is 29.7. The maximum Gasteiger partial charge on any atom is 0.227 e. The van der Waals surface area contributed by atoms with E-state index in [1.165, 1.54) is 0 Å². The highest BCUT2D eigenvalue weighted by Gasteiger charge is 2.22. The van der Waals surface area contributed by atoms with Crippen LogP contribution in [0.4, 0.5) is 0 Å². The fourth-order valence-corrected chi connectivity index (χ4v) is 7.53. The topological polar surface area (TPSA) is 104 Å². The molecule has 5 heterocycles. The maximum absolute atomic E-state index is 6.54. The molecule has 0 saturated carbocycles. The van der Waals surface area contributed by atoms with Gasteiger partial charge in [-0.3, -0.25) is 9.97 Å². The van der Waals surface area contributed by atoms with Crippen LogP contribution in [0.5, 0.6) is 0 Å². The van der Waals surface area contributed by atoms with Crippen molar-refractivity contribution in [2.75, 3.05) is 0 Å². The Morgan fingerprint density at radius 3 is 1.62 bits per heavy atom. The summed E-state index contributed by atoms with van der Waals surface area (Å²) in [4.78, 5) is 28.1. The van der Waals surface area contributed by atoms with Crippen LogP contribution in [0.3, 0.4) is 0 Å². The van der Waals surface area contributed by atoms with Crippen molar-refractivity contribution in [3.63, 3.8) is 0 Å². The Balaban J connectivity index is 1.04. The number of para-hydroxylation sites is 1. The molecule has 0 fully saturated rings. The van der Waals surface area contributed by atoms with Gasteiger partial charge in [0, 0.05) is 57.8 Å². The highest BCUT2D eigenvalue weighted by Crippen LogP contribution is 2.45. The lowest BCUT2D eigenvalue weighted by Gasteiger charge is -2.14. The molecule has 0 atom stereocenters. The molecule has 6 aromatic carbocycles. The van der Waals surface area contributed by atoms with E-state index >= 15 is 0 Å². The van der Waals surface area contributed by atoms with Gasteiger partial charge in [-0.1, -0.05) is 97.1 Å². The quantitative estimate of drug-likeness (QED) is 0.167. The third kappa shape index (κ3) is 5.31. The maximum atomic E-state index is 6.54. The van der Waals surface area contributed by atoms with E-state index in [9.17, 15) is 0 Å². The molecule has 8 heteroatoms. The summed E-state index contributed by atoms with van der Waals surface area (Å²) >= 11 is 0. The van der Waals surface area contributed by atoms with E-state index in [-0.39, 0.29) is 0 Å². The fourth-order valence-electron chi connectivity index (χ4n) is 7.53. The van der Waals surface area contributed by atoms with Crippen LogP contribution in [-0.4, -0.2) is 29.9 Å². The number of hydrogen-bond acceptors (Lipinski definition) is 8. The predicted octanol–water partition coefficient (Wildman–Crippen LogP) is 11.9. The van der Waals surface area contributed by atoms with Crippen molar-refractivity contribution in [3.05, 3.63) is 170 Å². The minimum Gasteiger partial charge on any atom is -0.452 e. The molecule has 0 spiro atoms. The SMILES string of the molecule is c1ccc(-c2nc3cc(-c4ccc(-c5ccc(-c6nc(-c7cccnc7)nc(-c7cccnc7)n6)cc5)c5ccccc45)c4c5ccccc5oc4c3o2)cc1. The molecule has 0 N–H and O–H groups in total. The lowest BCUT2D eigenvalue weighted by atomic mass is 9.90. The number of aromatic nitrogens is 6. The average Bonchev–Trinajstić information content (AvgIpc) is 3.89. The molecule has 0 aliphatic heterocycles. The Morgan fingerprint density at radius 2 is 0.946 bits per heavy atom. The monoisotopic (exact) mass is 720 g/mol. The van der Waals surface area contributed by atoms with Crippen molar-refractivity contribution in [1.29, 1.82) is 0 Å². The van der Waals surface area contributed by atoms with Gasteiger partial charge in [0.2, 0.25) is 5.89 Å². The van der Waals surface area contributed by atoms with Gasteiger partial charge in [-0.2, -0.15) is 0 Å². The van der Waals surface area contributed by atoms with Crippen molar-refractivity contribution >= 4 is 43.8 Å². The number of oxazole rings is 1. The highest BCUT2D eigenvalue weighted by molar-refractivity contribution is 6.22. The highest BCUT2D eigenvalue weighted by atomic mass is 16.4. The van der Waals surface area contributed by atoms with Crippen molar-refractivity contribution in [2.45, 2.75) is 0 Å². The van der Waals surface area contributed by atoms with Crippen molar-refractivity contribution < 1.29 is 8.83 Å². The van der Waals surface area contributed by atoms with Gasteiger partial charge in [-0.05, 0) is 81.6 Å². The largest absolute Gasteiger partial charge is 0.452 e. The molecule has 262 valence electrons. The normalized spacial score (nSPS) is 11.6. The number of fused-ring (bicyclic) bond motifs is 6. The van der Waals surface area contributed by atoms with E-state index < -0.39 is 0 Å². The number of hydrogen-bond donors (Lipinski definition) is 0. The molecular weight excluding hydrogens is 693 g/mol. The van der Waals surface area contributed by atoms with Crippen LogP contribution in [-0.2, 0) is 0 Å². The third-order valence-electron chi connectivity index (χ3n) is 10.2. The van der Waals surface area contributed by atoms with Gasteiger partial charge in [-0.15, -0.1) is 0 Å². The molecule has 0 unspecified atom stereocenters. The Labute approximate surface area is 319 Å². The first kappa shape index (κ1) is 31.7. The Hall–Kier alpha value is -7.84. The van der Waals surface area contributed by atoms with Crippen molar-refractivity contribution in [2.24, 2.45) is 0 Å². The zero-order chi connectivity index (χ0) is 37.0. The van der Waals surface area contributed by atoms with Gasteiger partial charge in [0.15, 0.2) is 28.6 Å². The lowest BCUT2D eigenvalue weighted by molar-refractivity contribution is 0.603. The summed E-state index contributed by atoms with van der Waals surface area (Å²) in [5.41, 5.74) is 10.6. The van der Waals surface area contributed by atoms with Crippen molar-refractivity contribution in [3.8, 4) is 67.9 Å². The summed E-state index contributed by atoms with van der Waals surface area (Å²) < 4.78 is 13.0. The van der Waals surface area contributed by atoms with Crippen molar-refractivity contribution in [1.82, 2.24) is 29.9 Å². The first-order valence-electron chi connectivity index (χ1n) is 18.3. The molecule has 0 aliphatic carbocycles. The second-order valence-corrected chi connectivity index (χ2v) is 13.5. The summed E-state index contributed by atoms with van der Waals surface area (Å²) in [5, 5.41) is 4.27. The zero-order valence-electron chi connectivity index (χ0n) is 29.7. The summed E-state index contributed by atoms with van der Waals surface area (Å²) in [6, 6.07) is 49.2. The number of rotatable bonds is 6. The third-order valence-corrected chi connectivity index (χ3v) is 10.2. The summed E-state index contributed by atoms with van der Waals surface area (Å²) in [6.45, 7) is 0. The van der Waals surface area contributed by atoms with Crippen LogP contribution >= 0.6 is 0 Å². The van der Waals surface area contributed by atoms with E-state index in [0.717, 1.165) is 77.2 Å². The first-order valence-corrected chi connectivity index (χ1v) is 18.3. The first-order chi connectivity index (χ1) is 27.7.